The normalized spacial score (nSPS) is 42.1. The number of hydrogen-bond donors (Lipinski definition) is 0. The van der Waals surface area contributed by atoms with Crippen LogP contribution < -0.4 is 0 Å². The van der Waals surface area contributed by atoms with Crippen molar-refractivity contribution in [2.75, 3.05) is 0 Å². The van der Waals surface area contributed by atoms with E-state index < -0.39 is 0 Å². The van der Waals surface area contributed by atoms with Crippen LogP contribution in [0.25, 0.3) is 0 Å². The van der Waals surface area contributed by atoms with Crippen molar-refractivity contribution in [3.8, 4) is 0 Å². The Morgan fingerprint density at radius 3 is 2.70 bits per heavy atom. The minimum Gasteiger partial charge on any atom is -0.133 e. The number of hydrogen-bond acceptors (Lipinski definition) is 0. The minimum atomic E-state index is 0.324. The summed E-state index contributed by atoms with van der Waals surface area (Å²) in [6.45, 7) is 4.55. The zero-order valence-corrected chi connectivity index (χ0v) is 7.56. The van der Waals surface area contributed by atoms with Crippen LogP contribution in [0.15, 0.2) is 0 Å². The quantitative estimate of drug-likeness (QED) is 0.375. The van der Waals surface area contributed by atoms with Crippen molar-refractivity contribution in [2.24, 2.45) is 11.8 Å². The lowest BCUT2D eigenvalue weighted by atomic mass is 9.65. The SMILES string of the molecule is CC1C[B]C(Cl)C(C)CC1. The highest BCUT2D eigenvalue weighted by Crippen LogP contribution is 2.25. The van der Waals surface area contributed by atoms with Crippen LogP contribution in [0.2, 0.25) is 6.32 Å². The molecule has 1 rings (SSSR count). The van der Waals surface area contributed by atoms with Gasteiger partial charge in [0.25, 0.3) is 0 Å². The van der Waals surface area contributed by atoms with E-state index in [9.17, 15) is 0 Å². The summed E-state index contributed by atoms with van der Waals surface area (Å²) in [5.41, 5.74) is 0. The molecular weight excluding hydrogens is 142 g/mol. The van der Waals surface area contributed by atoms with Gasteiger partial charge >= 0.3 is 0 Å². The molecule has 1 radical (unpaired) electrons. The van der Waals surface area contributed by atoms with Gasteiger partial charge in [-0.25, -0.2) is 0 Å². The van der Waals surface area contributed by atoms with Gasteiger partial charge in [-0.1, -0.05) is 32.5 Å². The molecule has 0 N–H and O–H groups in total. The van der Waals surface area contributed by atoms with E-state index in [1.807, 2.05) is 0 Å². The Bertz CT molecular complexity index is 93.4. The predicted octanol–water partition coefficient (Wildman–Crippen LogP) is 2.74. The number of alkyl halides is 1. The summed E-state index contributed by atoms with van der Waals surface area (Å²) in [7, 11) is 2.27. The monoisotopic (exact) mass is 157 g/mol. The third kappa shape index (κ3) is 2.19. The molecule has 0 aliphatic carbocycles. The van der Waals surface area contributed by atoms with Crippen LogP contribution in [0.4, 0.5) is 0 Å². The Morgan fingerprint density at radius 2 is 2.00 bits per heavy atom. The minimum absolute atomic E-state index is 0.324. The maximum atomic E-state index is 6.08. The first kappa shape index (κ1) is 8.45. The summed E-state index contributed by atoms with van der Waals surface area (Å²) in [5, 5.41) is 0.324. The fraction of sp³-hybridized carbons (Fsp3) is 1.00. The van der Waals surface area contributed by atoms with Gasteiger partial charge in [0, 0.05) is 5.28 Å². The van der Waals surface area contributed by atoms with Crippen molar-refractivity contribution in [1.29, 1.82) is 0 Å². The molecule has 3 unspecified atom stereocenters. The summed E-state index contributed by atoms with van der Waals surface area (Å²) in [4.78, 5) is 0. The van der Waals surface area contributed by atoms with Crippen molar-refractivity contribution in [3.63, 3.8) is 0 Å². The molecule has 0 amide bonds. The molecule has 0 spiro atoms. The molecule has 1 saturated heterocycles. The van der Waals surface area contributed by atoms with Gasteiger partial charge in [-0.15, -0.1) is 11.6 Å². The van der Waals surface area contributed by atoms with Gasteiger partial charge in [0.1, 0.15) is 7.28 Å². The molecule has 1 aliphatic rings. The smallest absolute Gasteiger partial charge is 0.133 e. The van der Waals surface area contributed by atoms with Gasteiger partial charge in [0.2, 0.25) is 0 Å². The summed E-state index contributed by atoms with van der Waals surface area (Å²) in [6, 6.07) is 0. The molecule has 2 heteroatoms. The van der Waals surface area contributed by atoms with E-state index in [2.05, 4.69) is 21.1 Å². The van der Waals surface area contributed by atoms with Crippen molar-refractivity contribution in [1.82, 2.24) is 0 Å². The second kappa shape index (κ2) is 3.66. The first-order chi connectivity index (χ1) is 4.70. The van der Waals surface area contributed by atoms with Gasteiger partial charge in [-0.3, -0.25) is 0 Å². The molecule has 0 bridgehead atoms. The van der Waals surface area contributed by atoms with Gasteiger partial charge in [0.05, 0.1) is 0 Å². The molecule has 57 valence electrons. The van der Waals surface area contributed by atoms with Crippen LogP contribution in [0.3, 0.4) is 0 Å². The fourth-order valence-corrected chi connectivity index (χ4v) is 1.65. The van der Waals surface area contributed by atoms with E-state index in [4.69, 9.17) is 11.6 Å². The van der Waals surface area contributed by atoms with E-state index in [0.29, 0.717) is 11.2 Å². The van der Waals surface area contributed by atoms with E-state index in [-0.39, 0.29) is 0 Å². The van der Waals surface area contributed by atoms with Gasteiger partial charge in [-0.2, -0.15) is 0 Å². The molecule has 10 heavy (non-hydrogen) atoms. The van der Waals surface area contributed by atoms with Crippen LogP contribution in [-0.4, -0.2) is 12.6 Å². The van der Waals surface area contributed by atoms with Gasteiger partial charge in [0.15, 0.2) is 0 Å². The Hall–Kier alpha value is 0.355. The number of halogens is 1. The average molecular weight is 157 g/mol. The largest absolute Gasteiger partial charge is 0.134 e. The Balaban J connectivity index is 2.38. The second-order valence-corrected chi connectivity index (χ2v) is 4.08. The van der Waals surface area contributed by atoms with Crippen LogP contribution in [0.5, 0.6) is 0 Å². The number of rotatable bonds is 0. The maximum absolute atomic E-state index is 6.08. The molecule has 1 heterocycles. The molecule has 0 nitrogen and oxygen atoms in total. The fourth-order valence-electron chi connectivity index (χ4n) is 1.42. The lowest BCUT2D eigenvalue weighted by molar-refractivity contribution is 0.486. The van der Waals surface area contributed by atoms with Crippen molar-refractivity contribution >= 4 is 18.9 Å². The molecule has 1 aliphatic heterocycles. The predicted molar refractivity (Wildman–Crippen MR) is 47.8 cm³/mol. The molecular formula is C8H15BCl. The highest BCUT2D eigenvalue weighted by molar-refractivity contribution is 6.53. The lowest BCUT2D eigenvalue weighted by Crippen LogP contribution is -2.16. The van der Waals surface area contributed by atoms with Crippen molar-refractivity contribution < 1.29 is 0 Å². The van der Waals surface area contributed by atoms with E-state index in [1.54, 1.807) is 0 Å². The van der Waals surface area contributed by atoms with E-state index >= 15 is 0 Å². The molecule has 0 aromatic carbocycles. The first-order valence-electron chi connectivity index (χ1n) is 4.17. The van der Waals surface area contributed by atoms with E-state index in [0.717, 1.165) is 5.92 Å². The maximum Gasteiger partial charge on any atom is 0.134 e. The van der Waals surface area contributed by atoms with Crippen LogP contribution in [-0.2, 0) is 0 Å². The molecule has 1 fully saturated rings. The first-order valence-corrected chi connectivity index (χ1v) is 4.61. The Labute approximate surface area is 69.6 Å². The molecule has 3 atom stereocenters. The summed E-state index contributed by atoms with van der Waals surface area (Å²) < 4.78 is 0. The average Bonchev–Trinajstić information content (AvgIpc) is 2.04. The highest BCUT2D eigenvalue weighted by Gasteiger charge is 2.20. The second-order valence-electron chi connectivity index (χ2n) is 3.58. The van der Waals surface area contributed by atoms with Crippen molar-refractivity contribution in [3.05, 3.63) is 0 Å². The topological polar surface area (TPSA) is 0 Å². The van der Waals surface area contributed by atoms with Crippen molar-refractivity contribution in [2.45, 2.75) is 38.3 Å². The van der Waals surface area contributed by atoms with Crippen LogP contribution in [0.1, 0.15) is 26.7 Å². The van der Waals surface area contributed by atoms with Gasteiger partial charge < -0.3 is 0 Å². The zero-order chi connectivity index (χ0) is 7.56. The Morgan fingerprint density at radius 1 is 1.30 bits per heavy atom. The summed E-state index contributed by atoms with van der Waals surface area (Å²) in [6.07, 6.45) is 3.85. The third-order valence-electron chi connectivity index (χ3n) is 2.42. The summed E-state index contributed by atoms with van der Waals surface area (Å²) in [5.74, 6) is 1.54. The molecule has 0 saturated carbocycles. The van der Waals surface area contributed by atoms with Crippen LogP contribution in [0, 0.1) is 11.8 Å². The van der Waals surface area contributed by atoms with Crippen LogP contribution >= 0.6 is 11.6 Å². The van der Waals surface area contributed by atoms with Gasteiger partial charge in [-0.05, 0) is 12.3 Å². The summed E-state index contributed by atoms with van der Waals surface area (Å²) >= 11 is 6.08. The lowest BCUT2D eigenvalue weighted by Gasteiger charge is -2.11. The Kier molecular flexibility index (Phi) is 3.09. The van der Waals surface area contributed by atoms with E-state index in [1.165, 1.54) is 19.2 Å². The zero-order valence-electron chi connectivity index (χ0n) is 6.81. The molecule has 0 aromatic heterocycles. The molecule has 0 aromatic rings. The third-order valence-corrected chi connectivity index (χ3v) is 3.03. The standard InChI is InChI=1S/C8H15BCl/c1-6-3-4-7(2)8(10)9-5-6/h6-8H,3-5H2,1-2H3. The highest BCUT2D eigenvalue weighted by atomic mass is 35.5.